The number of rotatable bonds is 8. The van der Waals surface area contributed by atoms with E-state index in [1.54, 1.807) is 13.8 Å². The van der Waals surface area contributed by atoms with Gasteiger partial charge in [0.05, 0.1) is 19.8 Å². The molecule has 0 rings (SSSR count). The van der Waals surface area contributed by atoms with Gasteiger partial charge in [-0.05, 0) is 40.2 Å². The summed E-state index contributed by atoms with van der Waals surface area (Å²) >= 11 is 0. The van der Waals surface area contributed by atoms with E-state index in [0.717, 1.165) is 5.57 Å². The minimum absolute atomic E-state index is 0.0346. The van der Waals surface area contributed by atoms with Crippen LogP contribution < -0.4 is 0 Å². The second-order valence-corrected chi connectivity index (χ2v) is 6.70. The highest BCUT2D eigenvalue weighted by atomic mass is 31.2. The van der Waals surface area contributed by atoms with Crippen molar-refractivity contribution in [2.24, 2.45) is 5.41 Å². The number of hydrogen-bond acceptors (Lipinski definition) is 4. The Labute approximate surface area is 117 Å². The van der Waals surface area contributed by atoms with E-state index in [1.807, 2.05) is 20.8 Å². The third-order valence-electron chi connectivity index (χ3n) is 1.80. The van der Waals surface area contributed by atoms with Crippen LogP contribution in [0.2, 0.25) is 0 Å². The fraction of sp³-hybridized carbons (Fsp3) is 0.714. The van der Waals surface area contributed by atoms with Gasteiger partial charge in [0, 0.05) is 11.8 Å². The van der Waals surface area contributed by atoms with Crippen LogP contribution in [0.4, 0.5) is 0 Å². The number of hydrogen-bond donors (Lipinski definition) is 0. The van der Waals surface area contributed by atoms with Crippen LogP contribution in [0.1, 0.15) is 41.0 Å². The molecular formula is C14H25O4P. The first-order valence-corrected chi connectivity index (χ1v) is 7.89. The first-order chi connectivity index (χ1) is 8.72. The van der Waals surface area contributed by atoms with E-state index in [-0.39, 0.29) is 25.2 Å². The van der Waals surface area contributed by atoms with Gasteiger partial charge in [0.15, 0.2) is 0 Å². The lowest BCUT2D eigenvalue weighted by Gasteiger charge is -2.16. The molecule has 0 heterocycles. The summed E-state index contributed by atoms with van der Waals surface area (Å²) in [7, 11) is -3.45. The molecule has 0 atom stereocenters. The number of phosphoric acid groups is 1. The Hall–Kier alpha value is -0.590. The summed E-state index contributed by atoms with van der Waals surface area (Å²) in [5, 5.41) is 0. The van der Waals surface area contributed by atoms with Crippen molar-refractivity contribution in [1.29, 1.82) is 0 Å². The molecule has 0 N–H and O–H groups in total. The summed E-state index contributed by atoms with van der Waals surface area (Å²) in [5.41, 5.74) is 0.712. The molecule has 19 heavy (non-hydrogen) atoms. The van der Waals surface area contributed by atoms with Gasteiger partial charge in [-0.1, -0.05) is 18.4 Å². The van der Waals surface area contributed by atoms with Crippen LogP contribution in [0.15, 0.2) is 12.2 Å². The summed E-state index contributed by atoms with van der Waals surface area (Å²) < 4.78 is 27.2. The SMILES string of the molecule is C=C(CC#CC(C)(C)C)COP(=O)(OCC)OCC. The highest BCUT2D eigenvalue weighted by Crippen LogP contribution is 2.49. The maximum atomic E-state index is 12.0. The Morgan fingerprint density at radius 1 is 1.16 bits per heavy atom. The second-order valence-electron chi connectivity index (χ2n) is 5.03. The topological polar surface area (TPSA) is 44.8 Å². The summed E-state index contributed by atoms with van der Waals surface area (Å²) in [6.07, 6.45) is 0.509. The molecule has 0 saturated heterocycles. The molecule has 4 nitrogen and oxygen atoms in total. The van der Waals surface area contributed by atoms with E-state index >= 15 is 0 Å². The minimum atomic E-state index is -3.45. The molecule has 0 spiro atoms. The Balaban J connectivity index is 4.26. The lowest BCUT2D eigenvalue weighted by molar-refractivity contribution is 0.129. The third-order valence-corrected chi connectivity index (χ3v) is 3.40. The molecule has 110 valence electrons. The van der Waals surface area contributed by atoms with Crippen molar-refractivity contribution in [3.63, 3.8) is 0 Å². The van der Waals surface area contributed by atoms with Crippen molar-refractivity contribution in [3.8, 4) is 11.8 Å². The molecule has 0 bridgehead atoms. The molecule has 0 fully saturated rings. The predicted molar refractivity (Wildman–Crippen MR) is 77.8 cm³/mol. The summed E-state index contributed by atoms with van der Waals surface area (Å²) in [6.45, 7) is 14.1. The van der Waals surface area contributed by atoms with Gasteiger partial charge in [-0.2, -0.15) is 0 Å². The smallest absolute Gasteiger partial charge is 0.287 e. The maximum absolute atomic E-state index is 12.0. The Bertz CT molecular complexity index is 374. The fourth-order valence-electron chi connectivity index (χ4n) is 1.08. The molecule has 0 amide bonds. The van der Waals surface area contributed by atoms with E-state index in [2.05, 4.69) is 18.4 Å². The highest BCUT2D eigenvalue weighted by Gasteiger charge is 2.25. The van der Waals surface area contributed by atoms with Crippen LogP contribution in [0, 0.1) is 17.3 Å². The highest BCUT2D eigenvalue weighted by molar-refractivity contribution is 7.48. The van der Waals surface area contributed by atoms with Crippen molar-refractivity contribution in [2.75, 3.05) is 19.8 Å². The molecule has 5 heteroatoms. The van der Waals surface area contributed by atoms with Gasteiger partial charge in [-0.25, -0.2) is 4.57 Å². The maximum Gasteiger partial charge on any atom is 0.475 e. The van der Waals surface area contributed by atoms with Crippen molar-refractivity contribution in [1.82, 2.24) is 0 Å². The standard InChI is InChI=1S/C14H25O4P/c1-7-16-19(15,17-8-2)18-12-13(3)10-9-11-14(4,5)6/h3,7-8,10,12H2,1-2,4-6H3. The predicted octanol–water partition coefficient (Wildman–Crippen LogP) is 4.18. The second kappa shape index (κ2) is 8.55. The lowest BCUT2D eigenvalue weighted by Crippen LogP contribution is -2.03. The molecule has 0 aromatic rings. The first kappa shape index (κ1) is 18.4. The summed E-state index contributed by atoms with van der Waals surface area (Å²) in [4.78, 5) is 0. The van der Waals surface area contributed by atoms with Crippen molar-refractivity contribution < 1.29 is 18.1 Å². The van der Waals surface area contributed by atoms with Crippen molar-refractivity contribution in [3.05, 3.63) is 12.2 Å². The van der Waals surface area contributed by atoms with E-state index < -0.39 is 7.82 Å². The van der Waals surface area contributed by atoms with Crippen LogP contribution in [-0.4, -0.2) is 19.8 Å². The zero-order chi connectivity index (χ0) is 14.9. The molecule has 0 aliphatic rings. The first-order valence-electron chi connectivity index (χ1n) is 6.42. The van der Waals surface area contributed by atoms with Gasteiger partial charge < -0.3 is 0 Å². The summed E-state index contributed by atoms with van der Waals surface area (Å²) in [5.74, 6) is 6.13. The molecule has 0 unspecified atom stereocenters. The van der Waals surface area contributed by atoms with Crippen molar-refractivity contribution >= 4 is 7.82 Å². The molecule has 0 aliphatic carbocycles. The largest absolute Gasteiger partial charge is 0.475 e. The van der Waals surface area contributed by atoms with Crippen LogP contribution >= 0.6 is 7.82 Å². The van der Waals surface area contributed by atoms with Crippen LogP contribution in [-0.2, 0) is 18.1 Å². The average molecular weight is 288 g/mol. The molecule has 0 saturated carbocycles. The van der Waals surface area contributed by atoms with E-state index in [9.17, 15) is 4.57 Å². The molecular weight excluding hydrogens is 263 g/mol. The zero-order valence-electron chi connectivity index (χ0n) is 12.6. The molecule has 0 radical (unpaired) electrons. The van der Waals surface area contributed by atoms with Gasteiger partial charge in [-0.15, -0.1) is 0 Å². The zero-order valence-corrected chi connectivity index (χ0v) is 13.5. The van der Waals surface area contributed by atoms with E-state index in [0.29, 0.717) is 6.42 Å². The van der Waals surface area contributed by atoms with Crippen LogP contribution in [0.5, 0.6) is 0 Å². The minimum Gasteiger partial charge on any atom is -0.287 e. The van der Waals surface area contributed by atoms with Crippen molar-refractivity contribution in [2.45, 2.75) is 41.0 Å². The monoisotopic (exact) mass is 288 g/mol. The third kappa shape index (κ3) is 9.92. The average Bonchev–Trinajstić information content (AvgIpc) is 2.25. The molecule has 0 aliphatic heterocycles. The Morgan fingerprint density at radius 3 is 2.11 bits per heavy atom. The van der Waals surface area contributed by atoms with E-state index in [4.69, 9.17) is 13.6 Å². The van der Waals surface area contributed by atoms with Gasteiger partial charge >= 0.3 is 7.82 Å². The Kier molecular flexibility index (Phi) is 8.29. The normalized spacial score (nSPS) is 11.8. The number of phosphoric ester groups is 1. The van der Waals surface area contributed by atoms with Gasteiger partial charge in [0.2, 0.25) is 0 Å². The van der Waals surface area contributed by atoms with Gasteiger partial charge in [0.1, 0.15) is 0 Å². The van der Waals surface area contributed by atoms with Crippen LogP contribution in [0.3, 0.4) is 0 Å². The Morgan fingerprint density at radius 2 is 1.68 bits per heavy atom. The quantitative estimate of drug-likeness (QED) is 0.382. The van der Waals surface area contributed by atoms with Gasteiger partial charge in [0.25, 0.3) is 0 Å². The fourth-order valence-corrected chi connectivity index (χ4v) is 2.28. The lowest BCUT2D eigenvalue weighted by atomic mass is 9.97. The van der Waals surface area contributed by atoms with Gasteiger partial charge in [-0.3, -0.25) is 13.6 Å². The molecule has 0 aromatic heterocycles. The summed E-state index contributed by atoms with van der Waals surface area (Å²) in [6, 6.07) is 0. The molecule has 0 aromatic carbocycles. The van der Waals surface area contributed by atoms with Crippen LogP contribution in [0.25, 0.3) is 0 Å². The van der Waals surface area contributed by atoms with E-state index in [1.165, 1.54) is 0 Å².